The van der Waals surface area contributed by atoms with Crippen LogP contribution in [0, 0.1) is 18.8 Å². The Labute approximate surface area is 170 Å². The Morgan fingerprint density at radius 2 is 1.83 bits per heavy atom. The van der Waals surface area contributed by atoms with Crippen molar-refractivity contribution in [2.45, 2.75) is 6.92 Å². The third-order valence-electron chi connectivity index (χ3n) is 4.92. The molecule has 3 heterocycles. The van der Waals surface area contributed by atoms with Crippen LogP contribution in [0.15, 0.2) is 61.2 Å². The van der Waals surface area contributed by atoms with Gasteiger partial charge in [0.25, 0.3) is 5.91 Å². The zero-order valence-corrected chi connectivity index (χ0v) is 16.2. The monoisotopic (exact) mass is 383 g/mol. The van der Waals surface area contributed by atoms with Crippen LogP contribution in [0.1, 0.15) is 27.2 Å². The fraction of sp³-hybridized carbons (Fsp3) is 0.217. The third kappa shape index (κ3) is 4.41. The Morgan fingerprint density at radius 3 is 2.55 bits per heavy atom. The van der Waals surface area contributed by atoms with Crippen LogP contribution in [0.4, 0.5) is 5.82 Å². The van der Waals surface area contributed by atoms with E-state index < -0.39 is 0 Å². The van der Waals surface area contributed by atoms with Crippen LogP contribution in [0.3, 0.4) is 0 Å². The maximum Gasteiger partial charge on any atom is 0.254 e. The zero-order chi connectivity index (χ0) is 20.1. The molecule has 0 bridgehead atoms. The number of hydrogen-bond donors (Lipinski definition) is 0. The van der Waals surface area contributed by atoms with Crippen molar-refractivity contribution in [3.05, 3.63) is 83.6 Å². The molecule has 3 aromatic rings. The van der Waals surface area contributed by atoms with Crippen molar-refractivity contribution in [3.63, 3.8) is 0 Å². The Balaban J connectivity index is 1.46. The van der Waals surface area contributed by atoms with Gasteiger partial charge < -0.3 is 9.80 Å². The summed E-state index contributed by atoms with van der Waals surface area (Å²) >= 11 is 0. The average Bonchev–Trinajstić information content (AvgIpc) is 2.79. The number of anilines is 1. The van der Waals surface area contributed by atoms with Gasteiger partial charge in [-0.25, -0.2) is 9.97 Å². The lowest BCUT2D eigenvalue weighted by atomic mass is 10.0. The minimum atomic E-state index is 0.0321. The molecule has 1 aromatic carbocycles. The summed E-state index contributed by atoms with van der Waals surface area (Å²) in [4.78, 5) is 29.7. The maximum absolute atomic E-state index is 13.0. The van der Waals surface area contributed by atoms with Gasteiger partial charge in [-0.15, -0.1) is 0 Å². The summed E-state index contributed by atoms with van der Waals surface area (Å²) in [5.41, 5.74) is 3.26. The molecule has 1 aliphatic heterocycles. The highest BCUT2D eigenvalue weighted by atomic mass is 16.2. The van der Waals surface area contributed by atoms with E-state index >= 15 is 0 Å². The van der Waals surface area contributed by atoms with Crippen molar-refractivity contribution in [3.8, 4) is 11.8 Å². The molecule has 1 amide bonds. The van der Waals surface area contributed by atoms with Crippen LogP contribution in [0.25, 0.3) is 0 Å². The lowest BCUT2D eigenvalue weighted by Crippen LogP contribution is -2.49. The van der Waals surface area contributed by atoms with Gasteiger partial charge in [0.1, 0.15) is 11.5 Å². The molecule has 0 aliphatic carbocycles. The molecule has 0 N–H and O–H groups in total. The fourth-order valence-electron chi connectivity index (χ4n) is 3.23. The second-order valence-electron chi connectivity index (χ2n) is 6.84. The third-order valence-corrected chi connectivity index (χ3v) is 4.92. The first-order chi connectivity index (χ1) is 14.2. The highest BCUT2D eigenvalue weighted by Crippen LogP contribution is 2.16. The molecule has 0 unspecified atom stereocenters. The number of aryl methyl sites for hydroxylation is 1. The molecule has 0 atom stereocenters. The van der Waals surface area contributed by atoms with E-state index in [0.29, 0.717) is 24.3 Å². The van der Waals surface area contributed by atoms with Crippen LogP contribution < -0.4 is 4.90 Å². The number of carbonyl (C=O) groups is 1. The van der Waals surface area contributed by atoms with E-state index in [1.54, 1.807) is 24.8 Å². The van der Waals surface area contributed by atoms with Crippen molar-refractivity contribution in [2.75, 3.05) is 31.1 Å². The van der Waals surface area contributed by atoms with Crippen molar-refractivity contribution < 1.29 is 4.79 Å². The number of benzene rings is 1. The summed E-state index contributed by atoms with van der Waals surface area (Å²) in [6.07, 6.45) is 6.82. The predicted molar refractivity (Wildman–Crippen MR) is 112 cm³/mol. The Hall–Kier alpha value is -3.72. The number of pyridine rings is 1. The standard InChI is InChI=1S/C23H21N5O/c1-18-5-6-20(16-19(18)7-8-21-4-2-3-9-25-21)23(29)28-14-12-27(13-15-28)22-17-24-10-11-26-22/h2-6,9-11,16-17H,12-15H2,1H3. The van der Waals surface area contributed by atoms with Crippen molar-refractivity contribution >= 4 is 11.7 Å². The van der Waals surface area contributed by atoms with Gasteiger partial charge in [0.05, 0.1) is 6.20 Å². The van der Waals surface area contributed by atoms with Crippen LogP contribution >= 0.6 is 0 Å². The van der Waals surface area contributed by atoms with Crippen LogP contribution in [0.2, 0.25) is 0 Å². The number of aromatic nitrogens is 3. The van der Waals surface area contributed by atoms with E-state index in [0.717, 1.165) is 30.0 Å². The molecule has 4 rings (SSSR count). The van der Waals surface area contributed by atoms with E-state index in [2.05, 4.69) is 31.7 Å². The molecule has 1 fully saturated rings. The van der Waals surface area contributed by atoms with Gasteiger partial charge in [-0.1, -0.05) is 18.1 Å². The number of piperazine rings is 1. The molecule has 29 heavy (non-hydrogen) atoms. The molecular weight excluding hydrogens is 362 g/mol. The summed E-state index contributed by atoms with van der Waals surface area (Å²) < 4.78 is 0. The molecule has 0 saturated carbocycles. The number of nitrogens with zero attached hydrogens (tertiary/aromatic N) is 5. The zero-order valence-electron chi connectivity index (χ0n) is 16.2. The first kappa shape index (κ1) is 18.6. The maximum atomic E-state index is 13.0. The Kier molecular flexibility index (Phi) is 5.48. The first-order valence-corrected chi connectivity index (χ1v) is 9.54. The molecule has 0 spiro atoms. The summed E-state index contributed by atoms with van der Waals surface area (Å²) in [7, 11) is 0. The summed E-state index contributed by atoms with van der Waals surface area (Å²) in [6.45, 7) is 4.78. The Morgan fingerprint density at radius 1 is 0.966 bits per heavy atom. The van der Waals surface area contributed by atoms with E-state index in [9.17, 15) is 4.79 Å². The highest BCUT2D eigenvalue weighted by molar-refractivity contribution is 5.95. The SMILES string of the molecule is Cc1ccc(C(=O)N2CCN(c3cnccn3)CC2)cc1C#Cc1ccccn1. The van der Waals surface area contributed by atoms with Gasteiger partial charge in [0.15, 0.2) is 0 Å². The Bertz CT molecular complexity index is 1050. The topological polar surface area (TPSA) is 62.2 Å². The van der Waals surface area contributed by atoms with Crippen molar-refractivity contribution in [1.82, 2.24) is 19.9 Å². The van der Waals surface area contributed by atoms with Gasteiger partial charge >= 0.3 is 0 Å². The normalized spacial score (nSPS) is 13.6. The molecular formula is C23H21N5O. The lowest BCUT2D eigenvalue weighted by Gasteiger charge is -2.35. The average molecular weight is 383 g/mol. The summed E-state index contributed by atoms with van der Waals surface area (Å²) in [6, 6.07) is 11.3. The number of amides is 1. The minimum absolute atomic E-state index is 0.0321. The molecule has 0 radical (unpaired) electrons. The number of carbonyl (C=O) groups excluding carboxylic acids is 1. The van der Waals surface area contributed by atoms with E-state index in [-0.39, 0.29) is 5.91 Å². The van der Waals surface area contributed by atoms with Crippen LogP contribution in [-0.4, -0.2) is 51.9 Å². The summed E-state index contributed by atoms with van der Waals surface area (Å²) in [5, 5.41) is 0. The van der Waals surface area contributed by atoms with E-state index in [4.69, 9.17) is 0 Å². The quantitative estimate of drug-likeness (QED) is 0.637. The molecule has 6 nitrogen and oxygen atoms in total. The highest BCUT2D eigenvalue weighted by Gasteiger charge is 2.23. The van der Waals surface area contributed by atoms with Gasteiger partial charge in [-0.2, -0.15) is 0 Å². The fourth-order valence-corrected chi connectivity index (χ4v) is 3.23. The van der Waals surface area contributed by atoms with Gasteiger partial charge in [-0.3, -0.25) is 9.78 Å². The summed E-state index contributed by atoms with van der Waals surface area (Å²) in [5.74, 6) is 7.10. The van der Waals surface area contributed by atoms with Crippen molar-refractivity contribution in [1.29, 1.82) is 0 Å². The first-order valence-electron chi connectivity index (χ1n) is 9.54. The smallest absolute Gasteiger partial charge is 0.254 e. The van der Waals surface area contributed by atoms with Crippen LogP contribution in [-0.2, 0) is 0 Å². The van der Waals surface area contributed by atoms with Crippen LogP contribution in [0.5, 0.6) is 0 Å². The lowest BCUT2D eigenvalue weighted by molar-refractivity contribution is 0.0746. The molecule has 1 saturated heterocycles. The molecule has 1 aliphatic rings. The molecule has 6 heteroatoms. The number of rotatable bonds is 2. The van der Waals surface area contributed by atoms with E-state index in [1.807, 2.05) is 48.2 Å². The van der Waals surface area contributed by atoms with Gasteiger partial charge in [0.2, 0.25) is 0 Å². The largest absolute Gasteiger partial charge is 0.352 e. The minimum Gasteiger partial charge on any atom is -0.352 e. The second-order valence-corrected chi connectivity index (χ2v) is 6.84. The predicted octanol–water partition coefficient (Wildman–Crippen LogP) is 2.54. The number of hydrogen-bond acceptors (Lipinski definition) is 5. The molecule has 2 aromatic heterocycles. The molecule has 144 valence electrons. The second kappa shape index (κ2) is 8.53. The van der Waals surface area contributed by atoms with E-state index in [1.165, 1.54) is 0 Å². The van der Waals surface area contributed by atoms with Gasteiger partial charge in [-0.05, 0) is 42.7 Å². The van der Waals surface area contributed by atoms with Crippen molar-refractivity contribution in [2.24, 2.45) is 0 Å². The van der Waals surface area contributed by atoms with Gasteiger partial charge in [0, 0.05) is 55.9 Å².